The highest BCUT2D eigenvalue weighted by Gasteiger charge is 2.45. The first kappa shape index (κ1) is 16.0. The van der Waals surface area contributed by atoms with E-state index in [1.54, 1.807) is 0 Å². The fourth-order valence-electron chi connectivity index (χ4n) is 1.32. The minimum Gasteiger partial charge on any atom is -0.481 e. The van der Waals surface area contributed by atoms with Crippen molar-refractivity contribution in [3.63, 3.8) is 0 Å². The van der Waals surface area contributed by atoms with Crippen molar-refractivity contribution in [2.45, 2.75) is 11.9 Å². The lowest BCUT2D eigenvalue weighted by Gasteiger charge is -2.15. The molecule has 1 aromatic carbocycles. The molecule has 0 bridgehead atoms. The Morgan fingerprint density at radius 3 is 2.26 bits per heavy atom. The van der Waals surface area contributed by atoms with Gasteiger partial charge in [-0.1, -0.05) is 23.7 Å². The second-order valence-electron chi connectivity index (χ2n) is 3.81. The SMILES string of the molecule is O=C(O)C(CS(=O)Cc1ccc(Cl)cc1)C(F)(F)F. The summed E-state index contributed by atoms with van der Waals surface area (Å²) in [4.78, 5) is 10.5. The van der Waals surface area contributed by atoms with E-state index in [0.717, 1.165) is 0 Å². The lowest BCUT2D eigenvalue weighted by Crippen LogP contribution is -2.35. The first-order valence-corrected chi connectivity index (χ1v) is 6.95. The number of rotatable bonds is 5. The molecule has 0 spiro atoms. The van der Waals surface area contributed by atoms with Crippen LogP contribution >= 0.6 is 11.6 Å². The van der Waals surface area contributed by atoms with Gasteiger partial charge in [-0.15, -0.1) is 0 Å². The van der Waals surface area contributed by atoms with Gasteiger partial charge in [-0.2, -0.15) is 13.2 Å². The van der Waals surface area contributed by atoms with E-state index in [9.17, 15) is 22.2 Å². The van der Waals surface area contributed by atoms with Crippen LogP contribution in [-0.4, -0.2) is 27.2 Å². The number of aliphatic carboxylic acids is 1. The van der Waals surface area contributed by atoms with Crippen molar-refractivity contribution in [3.8, 4) is 0 Å². The molecule has 0 saturated heterocycles. The first-order valence-electron chi connectivity index (χ1n) is 5.09. The highest BCUT2D eigenvalue weighted by Crippen LogP contribution is 2.27. The van der Waals surface area contributed by atoms with Crippen LogP contribution in [0.4, 0.5) is 13.2 Å². The predicted molar refractivity (Wildman–Crippen MR) is 65.3 cm³/mol. The summed E-state index contributed by atoms with van der Waals surface area (Å²) in [7, 11) is -1.92. The summed E-state index contributed by atoms with van der Waals surface area (Å²) in [5.74, 6) is -5.73. The van der Waals surface area contributed by atoms with Gasteiger partial charge in [-0.05, 0) is 17.7 Å². The number of alkyl halides is 3. The van der Waals surface area contributed by atoms with Gasteiger partial charge in [0.25, 0.3) is 0 Å². The van der Waals surface area contributed by atoms with Crippen LogP contribution in [0, 0.1) is 5.92 Å². The molecule has 0 heterocycles. The van der Waals surface area contributed by atoms with Crippen molar-refractivity contribution >= 4 is 28.4 Å². The van der Waals surface area contributed by atoms with Crippen LogP contribution in [0.25, 0.3) is 0 Å². The van der Waals surface area contributed by atoms with Crippen molar-refractivity contribution in [1.82, 2.24) is 0 Å². The average molecular weight is 315 g/mol. The van der Waals surface area contributed by atoms with Crippen LogP contribution in [0.1, 0.15) is 5.56 Å². The maximum atomic E-state index is 12.4. The molecule has 0 aliphatic carbocycles. The van der Waals surface area contributed by atoms with Gasteiger partial charge in [-0.25, -0.2) is 0 Å². The molecule has 0 saturated carbocycles. The molecule has 1 N–H and O–H groups in total. The number of halogens is 4. The Hall–Kier alpha value is -1.08. The molecule has 2 unspecified atom stereocenters. The third kappa shape index (κ3) is 5.20. The summed E-state index contributed by atoms with van der Waals surface area (Å²) in [6, 6.07) is 6.10. The normalized spacial score (nSPS) is 14.9. The average Bonchev–Trinajstić information content (AvgIpc) is 2.27. The highest BCUT2D eigenvalue weighted by molar-refractivity contribution is 7.84. The minimum atomic E-state index is -4.90. The minimum absolute atomic E-state index is 0.142. The molecule has 2 atom stereocenters. The molecule has 0 radical (unpaired) electrons. The molecular formula is C11H10ClF3O3S. The fraction of sp³-hybridized carbons (Fsp3) is 0.364. The molecule has 0 amide bonds. The maximum Gasteiger partial charge on any atom is 0.403 e. The number of benzene rings is 1. The number of hydrogen-bond donors (Lipinski definition) is 1. The number of carboxylic acids is 1. The van der Waals surface area contributed by atoms with Crippen LogP contribution in [-0.2, 0) is 21.3 Å². The van der Waals surface area contributed by atoms with Crippen molar-refractivity contribution in [2.75, 3.05) is 5.75 Å². The van der Waals surface area contributed by atoms with E-state index in [1.807, 2.05) is 0 Å². The Morgan fingerprint density at radius 2 is 1.84 bits per heavy atom. The number of carbonyl (C=O) groups is 1. The Morgan fingerprint density at radius 1 is 1.32 bits per heavy atom. The van der Waals surface area contributed by atoms with Gasteiger partial charge in [0, 0.05) is 27.3 Å². The van der Waals surface area contributed by atoms with E-state index < -0.39 is 34.6 Å². The van der Waals surface area contributed by atoms with Gasteiger partial charge in [0.1, 0.15) is 0 Å². The Labute approximate surface area is 114 Å². The molecular weight excluding hydrogens is 305 g/mol. The van der Waals surface area contributed by atoms with Gasteiger partial charge in [0.05, 0.1) is 0 Å². The van der Waals surface area contributed by atoms with Gasteiger partial charge in [0.15, 0.2) is 5.92 Å². The lowest BCUT2D eigenvalue weighted by atomic mass is 10.2. The molecule has 19 heavy (non-hydrogen) atoms. The first-order chi connectivity index (χ1) is 8.70. The van der Waals surface area contributed by atoms with E-state index >= 15 is 0 Å². The number of carboxylic acid groups (broad SMARTS) is 1. The Kier molecular flexibility index (Phi) is 5.37. The zero-order valence-corrected chi connectivity index (χ0v) is 11.1. The largest absolute Gasteiger partial charge is 0.481 e. The second-order valence-corrected chi connectivity index (χ2v) is 5.75. The summed E-state index contributed by atoms with van der Waals surface area (Å²) >= 11 is 5.63. The van der Waals surface area contributed by atoms with Crippen molar-refractivity contribution in [2.24, 2.45) is 5.92 Å². The van der Waals surface area contributed by atoms with Gasteiger partial charge < -0.3 is 5.11 Å². The van der Waals surface area contributed by atoms with Crippen LogP contribution in [0.2, 0.25) is 5.02 Å². The molecule has 0 aromatic heterocycles. The molecule has 1 aromatic rings. The van der Waals surface area contributed by atoms with E-state index in [4.69, 9.17) is 16.7 Å². The van der Waals surface area contributed by atoms with Gasteiger partial charge in [-0.3, -0.25) is 9.00 Å². The van der Waals surface area contributed by atoms with Crippen molar-refractivity contribution < 1.29 is 27.3 Å². The second kappa shape index (κ2) is 6.38. The lowest BCUT2D eigenvalue weighted by molar-refractivity contribution is -0.188. The van der Waals surface area contributed by atoms with E-state index in [-0.39, 0.29) is 5.75 Å². The maximum absolute atomic E-state index is 12.4. The molecule has 8 heteroatoms. The standard InChI is InChI=1S/C11H10ClF3O3S/c12-8-3-1-7(2-4-8)5-19(18)6-9(10(16)17)11(13,14)15/h1-4,9H,5-6H2,(H,16,17). The number of hydrogen-bond acceptors (Lipinski definition) is 2. The summed E-state index contributed by atoms with van der Waals surface area (Å²) in [5, 5.41) is 8.94. The third-order valence-electron chi connectivity index (χ3n) is 2.29. The van der Waals surface area contributed by atoms with Crippen LogP contribution < -0.4 is 0 Å². The summed E-state index contributed by atoms with van der Waals surface area (Å²) in [6.45, 7) is 0. The fourth-order valence-corrected chi connectivity index (χ4v) is 2.83. The summed E-state index contributed by atoms with van der Waals surface area (Å²) < 4.78 is 48.7. The van der Waals surface area contributed by atoms with Gasteiger partial charge >= 0.3 is 12.1 Å². The topological polar surface area (TPSA) is 54.4 Å². The van der Waals surface area contributed by atoms with Crippen LogP contribution in [0.15, 0.2) is 24.3 Å². The molecule has 106 valence electrons. The van der Waals surface area contributed by atoms with Crippen molar-refractivity contribution in [3.05, 3.63) is 34.9 Å². The smallest absolute Gasteiger partial charge is 0.403 e. The quantitative estimate of drug-likeness (QED) is 0.909. The molecule has 3 nitrogen and oxygen atoms in total. The van der Waals surface area contributed by atoms with Crippen LogP contribution in [0.5, 0.6) is 0 Å². The zero-order chi connectivity index (χ0) is 14.6. The highest BCUT2D eigenvalue weighted by atomic mass is 35.5. The molecule has 0 aliphatic heterocycles. The third-order valence-corrected chi connectivity index (χ3v) is 3.90. The van der Waals surface area contributed by atoms with Crippen molar-refractivity contribution in [1.29, 1.82) is 0 Å². The Bertz CT molecular complexity index is 473. The summed E-state index contributed by atoms with van der Waals surface area (Å²) in [5.41, 5.74) is 0.536. The van der Waals surface area contributed by atoms with E-state index in [2.05, 4.69) is 0 Å². The zero-order valence-electron chi connectivity index (χ0n) is 9.48. The molecule has 0 fully saturated rings. The Balaban J connectivity index is 2.68. The van der Waals surface area contributed by atoms with Gasteiger partial charge in [0.2, 0.25) is 0 Å². The summed E-state index contributed by atoms with van der Waals surface area (Å²) in [6.07, 6.45) is -4.90. The van der Waals surface area contributed by atoms with E-state index in [1.165, 1.54) is 24.3 Å². The molecule has 1 rings (SSSR count). The van der Waals surface area contributed by atoms with Crippen LogP contribution in [0.3, 0.4) is 0 Å². The van der Waals surface area contributed by atoms with E-state index in [0.29, 0.717) is 10.6 Å². The monoisotopic (exact) mass is 314 g/mol. The predicted octanol–water partition coefficient (Wildman–Crippen LogP) is 2.85. The molecule has 0 aliphatic rings.